The van der Waals surface area contributed by atoms with Crippen LogP contribution in [-0.2, 0) is 10.0 Å². The molecule has 0 saturated carbocycles. The molecule has 19 heavy (non-hydrogen) atoms. The van der Waals surface area contributed by atoms with Gasteiger partial charge in [-0.25, -0.2) is 4.79 Å². The summed E-state index contributed by atoms with van der Waals surface area (Å²) < 4.78 is 59.5. The molecule has 1 rings (SSSR count). The first-order valence-electron chi connectivity index (χ1n) is 4.70. The van der Waals surface area contributed by atoms with Crippen LogP contribution in [-0.4, -0.2) is 32.2 Å². The van der Waals surface area contributed by atoms with Crippen molar-refractivity contribution in [2.24, 2.45) is 0 Å². The molecule has 10 heteroatoms. The number of alkyl halides is 3. The minimum Gasteiger partial charge on any atom is -0.465 e. The standard InChI is InChI=1S/C9H9F3N2O4S/c1-14(8(15)16)7-4-2-3-6(5-7)13-19(17,18)9(10,11)12/h2-5,13H,1H3,(H,15,16). The molecule has 0 aliphatic rings. The number of sulfonamides is 1. The average Bonchev–Trinajstić information content (AvgIpc) is 2.26. The Bertz CT molecular complexity index is 585. The lowest BCUT2D eigenvalue weighted by molar-refractivity contribution is -0.0429. The van der Waals surface area contributed by atoms with E-state index in [1.807, 2.05) is 0 Å². The summed E-state index contributed by atoms with van der Waals surface area (Å²) in [4.78, 5) is 11.4. The summed E-state index contributed by atoms with van der Waals surface area (Å²) in [7, 11) is -4.36. The number of carbonyl (C=O) groups is 1. The fraction of sp³-hybridized carbons (Fsp3) is 0.222. The zero-order valence-electron chi connectivity index (χ0n) is 9.47. The molecular weight excluding hydrogens is 289 g/mol. The van der Waals surface area contributed by atoms with E-state index >= 15 is 0 Å². The summed E-state index contributed by atoms with van der Waals surface area (Å²) in [6, 6.07) is 4.57. The highest BCUT2D eigenvalue weighted by molar-refractivity contribution is 7.93. The van der Waals surface area contributed by atoms with E-state index in [2.05, 4.69) is 0 Å². The van der Waals surface area contributed by atoms with Gasteiger partial charge in [-0.1, -0.05) is 6.07 Å². The largest absolute Gasteiger partial charge is 0.516 e. The van der Waals surface area contributed by atoms with Gasteiger partial charge in [0.05, 0.1) is 5.69 Å². The molecular formula is C9H9F3N2O4S. The summed E-state index contributed by atoms with van der Waals surface area (Å²) >= 11 is 0. The van der Waals surface area contributed by atoms with E-state index in [1.54, 1.807) is 0 Å². The molecule has 0 radical (unpaired) electrons. The lowest BCUT2D eigenvalue weighted by Crippen LogP contribution is -2.30. The normalized spacial score (nSPS) is 12.0. The maximum Gasteiger partial charge on any atom is 0.516 e. The second-order valence-electron chi connectivity index (χ2n) is 3.44. The highest BCUT2D eigenvalue weighted by Crippen LogP contribution is 2.27. The van der Waals surface area contributed by atoms with Gasteiger partial charge in [-0.15, -0.1) is 0 Å². The maximum atomic E-state index is 12.2. The van der Waals surface area contributed by atoms with Crippen LogP contribution in [0.3, 0.4) is 0 Å². The molecule has 2 N–H and O–H groups in total. The number of carboxylic acid groups (broad SMARTS) is 1. The molecule has 0 saturated heterocycles. The van der Waals surface area contributed by atoms with E-state index < -0.39 is 21.6 Å². The number of rotatable bonds is 3. The number of amides is 1. The van der Waals surface area contributed by atoms with Gasteiger partial charge in [0.15, 0.2) is 0 Å². The monoisotopic (exact) mass is 298 g/mol. The van der Waals surface area contributed by atoms with Crippen LogP contribution in [0.5, 0.6) is 0 Å². The van der Waals surface area contributed by atoms with E-state index in [1.165, 1.54) is 23.9 Å². The number of hydrogen-bond donors (Lipinski definition) is 2. The predicted octanol–water partition coefficient (Wildman–Crippen LogP) is 2.06. The predicted molar refractivity (Wildman–Crippen MR) is 61.5 cm³/mol. The Hall–Kier alpha value is -1.97. The molecule has 0 heterocycles. The molecule has 0 aromatic heterocycles. The van der Waals surface area contributed by atoms with Crippen molar-refractivity contribution in [1.29, 1.82) is 0 Å². The first-order chi connectivity index (χ1) is 8.54. The minimum atomic E-state index is -5.53. The third-order valence-electron chi connectivity index (χ3n) is 2.08. The highest BCUT2D eigenvalue weighted by Gasteiger charge is 2.46. The zero-order valence-corrected chi connectivity index (χ0v) is 10.3. The molecule has 0 atom stereocenters. The number of benzene rings is 1. The van der Waals surface area contributed by atoms with Crippen LogP contribution in [0.2, 0.25) is 0 Å². The van der Waals surface area contributed by atoms with Crippen LogP contribution in [0, 0.1) is 0 Å². The van der Waals surface area contributed by atoms with Crippen molar-refractivity contribution in [3.8, 4) is 0 Å². The van der Waals surface area contributed by atoms with Gasteiger partial charge in [-0.05, 0) is 18.2 Å². The van der Waals surface area contributed by atoms with Gasteiger partial charge in [-0.3, -0.25) is 9.62 Å². The van der Waals surface area contributed by atoms with Crippen LogP contribution in [0.4, 0.5) is 29.3 Å². The van der Waals surface area contributed by atoms with E-state index in [0.717, 1.165) is 17.0 Å². The molecule has 0 aliphatic carbocycles. The average molecular weight is 298 g/mol. The van der Waals surface area contributed by atoms with Crippen LogP contribution in [0.25, 0.3) is 0 Å². The van der Waals surface area contributed by atoms with Gasteiger partial charge in [0, 0.05) is 12.7 Å². The van der Waals surface area contributed by atoms with Crippen LogP contribution in [0.15, 0.2) is 24.3 Å². The first kappa shape index (κ1) is 15.1. The van der Waals surface area contributed by atoms with Crippen molar-refractivity contribution in [2.45, 2.75) is 5.51 Å². The van der Waals surface area contributed by atoms with E-state index in [-0.39, 0.29) is 11.4 Å². The Labute approximate surface area is 106 Å². The van der Waals surface area contributed by atoms with Crippen molar-refractivity contribution in [1.82, 2.24) is 0 Å². The molecule has 0 spiro atoms. The van der Waals surface area contributed by atoms with Crippen LogP contribution < -0.4 is 9.62 Å². The fourth-order valence-electron chi connectivity index (χ4n) is 1.10. The van der Waals surface area contributed by atoms with Crippen LogP contribution >= 0.6 is 0 Å². The number of anilines is 2. The topological polar surface area (TPSA) is 86.7 Å². The van der Waals surface area contributed by atoms with Gasteiger partial charge >= 0.3 is 21.6 Å². The molecule has 6 nitrogen and oxygen atoms in total. The molecule has 0 unspecified atom stereocenters. The molecule has 0 aliphatic heterocycles. The van der Waals surface area contributed by atoms with E-state index in [9.17, 15) is 26.4 Å². The molecule has 106 valence electrons. The smallest absolute Gasteiger partial charge is 0.465 e. The number of hydrogen-bond acceptors (Lipinski definition) is 3. The van der Waals surface area contributed by atoms with Crippen molar-refractivity contribution in [3.63, 3.8) is 0 Å². The van der Waals surface area contributed by atoms with Crippen molar-refractivity contribution in [2.75, 3.05) is 16.7 Å². The van der Waals surface area contributed by atoms with Crippen molar-refractivity contribution in [3.05, 3.63) is 24.3 Å². The summed E-state index contributed by atoms with van der Waals surface area (Å²) in [5, 5.41) is 8.70. The zero-order chi connectivity index (χ0) is 14.8. The summed E-state index contributed by atoms with van der Waals surface area (Å²) in [6.45, 7) is 0. The summed E-state index contributed by atoms with van der Waals surface area (Å²) in [5.41, 5.74) is -5.81. The third-order valence-corrected chi connectivity index (χ3v) is 3.19. The summed E-state index contributed by atoms with van der Waals surface area (Å²) in [6.07, 6.45) is -1.34. The lowest BCUT2D eigenvalue weighted by Gasteiger charge is -2.15. The van der Waals surface area contributed by atoms with Gasteiger partial charge in [0.25, 0.3) is 0 Å². The van der Waals surface area contributed by atoms with Crippen molar-refractivity contribution < 1.29 is 31.5 Å². The van der Waals surface area contributed by atoms with Gasteiger partial charge < -0.3 is 5.11 Å². The number of nitrogens with zero attached hydrogens (tertiary/aromatic N) is 1. The Balaban J connectivity index is 3.06. The Morgan fingerprint density at radius 2 is 1.95 bits per heavy atom. The van der Waals surface area contributed by atoms with Crippen molar-refractivity contribution >= 4 is 27.5 Å². The van der Waals surface area contributed by atoms with E-state index in [0.29, 0.717) is 0 Å². The number of nitrogens with one attached hydrogen (secondary N) is 1. The van der Waals surface area contributed by atoms with Crippen LogP contribution in [0.1, 0.15) is 0 Å². The van der Waals surface area contributed by atoms with Gasteiger partial charge in [0.1, 0.15) is 0 Å². The van der Waals surface area contributed by atoms with E-state index in [4.69, 9.17) is 5.11 Å². The lowest BCUT2D eigenvalue weighted by atomic mass is 10.3. The maximum absolute atomic E-state index is 12.2. The molecule has 1 aromatic rings. The summed E-state index contributed by atoms with van der Waals surface area (Å²) in [5.74, 6) is 0. The first-order valence-corrected chi connectivity index (χ1v) is 6.19. The second kappa shape index (κ2) is 4.96. The minimum absolute atomic E-state index is 0.0230. The fourth-order valence-corrected chi connectivity index (χ4v) is 1.65. The third kappa shape index (κ3) is 3.50. The molecule has 1 amide bonds. The van der Waals surface area contributed by atoms with Gasteiger partial charge in [0.2, 0.25) is 0 Å². The SMILES string of the molecule is CN(C(=O)O)c1cccc(NS(=O)(=O)C(F)(F)F)c1. The molecule has 1 aromatic carbocycles. The highest BCUT2D eigenvalue weighted by atomic mass is 32.2. The molecule has 0 fully saturated rings. The number of halogens is 3. The Morgan fingerprint density at radius 3 is 2.42 bits per heavy atom. The van der Waals surface area contributed by atoms with Gasteiger partial charge in [-0.2, -0.15) is 21.6 Å². The quantitative estimate of drug-likeness (QED) is 0.894. The Morgan fingerprint density at radius 1 is 1.37 bits per heavy atom. The Kier molecular flexibility index (Phi) is 3.94. The second-order valence-corrected chi connectivity index (χ2v) is 5.12. The molecule has 0 bridgehead atoms.